The van der Waals surface area contributed by atoms with Gasteiger partial charge in [0, 0.05) is 6.42 Å². The van der Waals surface area contributed by atoms with Gasteiger partial charge >= 0.3 is 0 Å². The van der Waals surface area contributed by atoms with Gasteiger partial charge in [0.15, 0.2) is 9.84 Å². The summed E-state index contributed by atoms with van der Waals surface area (Å²) in [5.74, 6) is 2.75. The molecule has 0 heterocycles. The van der Waals surface area contributed by atoms with Gasteiger partial charge in [-0.2, -0.15) is 0 Å². The number of hydrogen-bond donors (Lipinski definition) is 0. The van der Waals surface area contributed by atoms with E-state index in [1.54, 1.807) is 18.2 Å². The summed E-state index contributed by atoms with van der Waals surface area (Å²) in [5, 5.41) is 0. The molecule has 2 nitrogen and oxygen atoms in total. The first-order valence-corrected chi connectivity index (χ1v) is 7.00. The maximum absolute atomic E-state index is 11.8. The topological polar surface area (TPSA) is 34.1 Å². The van der Waals surface area contributed by atoms with Crippen LogP contribution in [0.1, 0.15) is 25.3 Å². The highest BCUT2D eigenvalue weighted by Gasteiger charge is 2.12. The molecule has 0 fully saturated rings. The third kappa shape index (κ3) is 3.39. The van der Waals surface area contributed by atoms with Crippen LogP contribution in [-0.2, 0) is 16.3 Å². The summed E-state index contributed by atoms with van der Waals surface area (Å²) in [4.78, 5) is 0.406. The van der Waals surface area contributed by atoms with Crippen LogP contribution in [0.4, 0.5) is 0 Å². The molecule has 0 atom stereocenters. The molecule has 1 aromatic carbocycles. The smallest absolute Gasteiger partial charge is 0.178 e. The van der Waals surface area contributed by atoms with Crippen molar-refractivity contribution in [2.75, 3.05) is 5.75 Å². The second-order valence-electron chi connectivity index (χ2n) is 3.67. The fraction of sp³-hybridized carbons (Fsp3) is 0.385. The van der Waals surface area contributed by atoms with E-state index in [-0.39, 0.29) is 5.75 Å². The Labute approximate surface area is 97.6 Å². The molecule has 0 spiro atoms. The Hall–Kier alpha value is -1.27. The molecule has 0 radical (unpaired) electrons. The second-order valence-corrected chi connectivity index (χ2v) is 5.78. The van der Waals surface area contributed by atoms with Gasteiger partial charge in [0.25, 0.3) is 0 Å². The summed E-state index contributed by atoms with van der Waals surface area (Å²) in [6.07, 6.45) is 7.18. The molecule has 0 aliphatic rings. The molecule has 0 saturated carbocycles. The monoisotopic (exact) mass is 236 g/mol. The number of hydrogen-bond acceptors (Lipinski definition) is 2. The van der Waals surface area contributed by atoms with Crippen LogP contribution < -0.4 is 0 Å². The summed E-state index contributed by atoms with van der Waals surface area (Å²) in [7, 11) is -3.11. The molecule has 0 bridgehead atoms. The lowest BCUT2D eigenvalue weighted by molar-refractivity contribution is 0.594. The van der Waals surface area contributed by atoms with E-state index in [4.69, 9.17) is 6.42 Å². The first-order valence-electron chi connectivity index (χ1n) is 5.35. The summed E-state index contributed by atoms with van der Waals surface area (Å²) < 4.78 is 23.6. The van der Waals surface area contributed by atoms with Gasteiger partial charge in [-0.1, -0.05) is 19.1 Å². The van der Waals surface area contributed by atoms with Gasteiger partial charge in [0.2, 0.25) is 0 Å². The summed E-state index contributed by atoms with van der Waals surface area (Å²) >= 11 is 0. The minimum atomic E-state index is -3.11. The van der Waals surface area contributed by atoms with Crippen molar-refractivity contribution in [1.29, 1.82) is 0 Å². The second kappa shape index (κ2) is 5.72. The Morgan fingerprint density at radius 2 is 2.12 bits per heavy atom. The lowest BCUT2D eigenvalue weighted by Gasteiger charge is -2.04. The van der Waals surface area contributed by atoms with Crippen molar-refractivity contribution in [3.63, 3.8) is 0 Å². The van der Waals surface area contributed by atoms with Crippen molar-refractivity contribution >= 4 is 9.84 Å². The molecular formula is C13H16O2S. The van der Waals surface area contributed by atoms with E-state index >= 15 is 0 Å². The zero-order chi connectivity index (χ0) is 12.0. The maximum Gasteiger partial charge on any atom is 0.178 e. The fourth-order valence-corrected chi connectivity index (χ4v) is 2.89. The van der Waals surface area contributed by atoms with Gasteiger partial charge in [0.05, 0.1) is 10.6 Å². The number of terminal acetylenes is 1. The summed E-state index contributed by atoms with van der Waals surface area (Å²) in [5.41, 5.74) is 0.982. The van der Waals surface area contributed by atoms with Crippen LogP contribution in [0.5, 0.6) is 0 Å². The third-order valence-electron chi connectivity index (χ3n) is 2.29. The first-order chi connectivity index (χ1) is 7.60. The minimum absolute atomic E-state index is 0.200. The van der Waals surface area contributed by atoms with E-state index < -0.39 is 9.84 Å². The average molecular weight is 236 g/mol. The Morgan fingerprint density at radius 1 is 1.38 bits per heavy atom. The number of aryl methyl sites for hydroxylation is 1. The molecule has 0 aromatic heterocycles. The van der Waals surface area contributed by atoms with E-state index in [1.165, 1.54) is 0 Å². The highest BCUT2D eigenvalue weighted by atomic mass is 32.2. The first kappa shape index (κ1) is 12.8. The number of rotatable bonds is 5. The largest absolute Gasteiger partial charge is 0.224 e. The van der Waals surface area contributed by atoms with Crippen molar-refractivity contribution in [2.45, 2.75) is 31.1 Å². The van der Waals surface area contributed by atoms with Gasteiger partial charge in [-0.05, 0) is 30.5 Å². The van der Waals surface area contributed by atoms with Crippen molar-refractivity contribution in [1.82, 2.24) is 0 Å². The zero-order valence-electron chi connectivity index (χ0n) is 9.44. The van der Waals surface area contributed by atoms with Gasteiger partial charge in [-0.3, -0.25) is 0 Å². The predicted octanol–water partition coefficient (Wildman–Crippen LogP) is 2.44. The van der Waals surface area contributed by atoms with E-state index in [9.17, 15) is 8.42 Å². The Balaban J connectivity index is 2.95. The molecule has 0 saturated heterocycles. The highest BCUT2D eigenvalue weighted by Crippen LogP contribution is 2.15. The highest BCUT2D eigenvalue weighted by molar-refractivity contribution is 7.91. The average Bonchev–Trinajstić information content (AvgIpc) is 2.27. The molecule has 3 heteroatoms. The predicted molar refractivity (Wildman–Crippen MR) is 65.9 cm³/mol. The normalized spacial score (nSPS) is 11.0. The van der Waals surface area contributed by atoms with Gasteiger partial charge in [-0.15, -0.1) is 12.3 Å². The van der Waals surface area contributed by atoms with Crippen LogP contribution in [0.3, 0.4) is 0 Å². The maximum atomic E-state index is 11.8. The Morgan fingerprint density at radius 3 is 2.75 bits per heavy atom. The van der Waals surface area contributed by atoms with Gasteiger partial charge in [-0.25, -0.2) is 8.42 Å². The Bertz CT molecular complexity index is 481. The number of sulfone groups is 1. The zero-order valence-corrected chi connectivity index (χ0v) is 10.3. The van der Waals surface area contributed by atoms with Gasteiger partial charge < -0.3 is 0 Å². The lowest BCUT2D eigenvalue weighted by atomic mass is 10.1. The van der Waals surface area contributed by atoms with E-state index in [0.29, 0.717) is 17.7 Å². The van der Waals surface area contributed by atoms with Crippen molar-refractivity contribution < 1.29 is 8.42 Å². The molecule has 16 heavy (non-hydrogen) atoms. The molecule has 0 amide bonds. The quantitative estimate of drug-likeness (QED) is 0.736. The molecule has 0 aliphatic carbocycles. The molecule has 1 rings (SSSR count). The standard InChI is InChI=1S/C13H16O2S/c1-3-5-7-12-8-6-9-13(11-12)16(14,15)10-4-2/h1,6,8-9,11H,4-5,7,10H2,2H3. The van der Waals surface area contributed by atoms with Crippen molar-refractivity contribution in [2.24, 2.45) is 0 Å². The van der Waals surface area contributed by atoms with Crippen molar-refractivity contribution in [3.05, 3.63) is 29.8 Å². The third-order valence-corrected chi connectivity index (χ3v) is 4.21. The molecule has 0 unspecified atom stereocenters. The van der Waals surface area contributed by atoms with Crippen LogP contribution in [0.25, 0.3) is 0 Å². The van der Waals surface area contributed by atoms with Crippen LogP contribution in [0.2, 0.25) is 0 Å². The van der Waals surface area contributed by atoms with E-state index in [1.807, 2.05) is 13.0 Å². The van der Waals surface area contributed by atoms with Crippen LogP contribution in [0, 0.1) is 12.3 Å². The van der Waals surface area contributed by atoms with Crippen molar-refractivity contribution in [3.8, 4) is 12.3 Å². The summed E-state index contributed by atoms with van der Waals surface area (Å²) in [6.45, 7) is 1.86. The lowest BCUT2D eigenvalue weighted by Crippen LogP contribution is -2.06. The number of benzene rings is 1. The van der Waals surface area contributed by atoms with E-state index in [0.717, 1.165) is 12.0 Å². The van der Waals surface area contributed by atoms with Crippen LogP contribution in [-0.4, -0.2) is 14.2 Å². The van der Waals surface area contributed by atoms with Crippen LogP contribution in [0.15, 0.2) is 29.2 Å². The fourth-order valence-electron chi connectivity index (χ4n) is 1.50. The molecule has 1 aromatic rings. The molecule has 86 valence electrons. The minimum Gasteiger partial charge on any atom is -0.224 e. The van der Waals surface area contributed by atoms with Gasteiger partial charge in [0.1, 0.15) is 0 Å². The Kier molecular flexibility index (Phi) is 4.57. The molecule has 0 N–H and O–H groups in total. The van der Waals surface area contributed by atoms with Crippen LogP contribution >= 0.6 is 0 Å². The summed E-state index contributed by atoms with van der Waals surface area (Å²) in [6, 6.07) is 7.05. The molecule has 0 aliphatic heterocycles. The molecular weight excluding hydrogens is 220 g/mol. The SMILES string of the molecule is C#CCCc1cccc(S(=O)(=O)CCC)c1. The van der Waals surface area contributed by atoms with E-state index in [2.05, 4.69) is 5.92 Å².